The molecule has 3 aliphatic heterocycles. The van der Waals surface area contributed by atoms with E-state index in [-0.39, 0.29) is 25.1 Å². The predicted molar refractivity (Wildman–Crippen MR) is 107 cm³/mol. The predicted octanol–water partition coefficient (Wildman–Crippen LogP) is 2.68. The van der Waals surface area contributed by atoms with Crippen molar-refractivity contribution in [1.82, 2.24) is 0 Å². The van der Waals surface area contributed by atoms with Crippen molar-refractivity contribution in [2.45, 2.75) is 24.5 Å². The van der Waals surface area contributed by atoms with Crippen molar-refractivity contribution < 1.29 is 33.6 Å². The zero-order chi connectivity index (χ0) is 21.0. The number of rotatable bonds is 4. The Morgan fingerprint density at radius 2 is 1.93 bits per heavy atom. The summed E-state index contributed by atoms with van der Waals surface area (Å²) in [5, 5.41) is 9.38. The molecule has 3 heterocycles. The number of fused-ring (bicyclic) bond motifs is 6. The Hall–Kier alpha value is -3.19. The lowest BCUT2D eigenvalue weighted by Gasteiger charge is -2.37. The molecule has 2 aromatic rings. The van der Waals surface area contributed by atoms with Crippen LogP contribution in [0, 0.1) is 0 Å². The molecule has 3 atom stereocenters. The second kappa shape index (κ2) is 6.95. The second-order valence-electron chi connectivity index (χ2n) is 7.60. The van der Waals surface area contributed by atoms with Crippen molar-refractivity contribution in [3.05, 3.63) is 53.1 Å². The number of methoxy groups -OCH3 is 2. The van der Waals surface area contributed by atoms with E-state index in [0.717, 1.165) is 11.1 Å². The summed E-state index contributed by atoms with van der Waals surface area (Å²) in [6.07, 6.45) is -0.277. The number of carbonyl (C=O) groups is 1. The van der Waals surface area contributed by atoms with Gasteiger partial charge < -0.3 is 28.8 Å². The number of benzene rings is 2. The first kappa shape index (κ1) is 18.8. The first-order valence-corrected chi connectivity index (χ1v) is 9.76. The van der Waals surface area contributed by atoms with Crippen LogP contribution in [0.25, 0.3) is 0 Å². The number of hydrogen-bond donors (Lipinski definition) is 1. The molecule has 0 radical (unpaired) electrons. The summed E-state index contributed by atoms with van der Waals surface area (Å²) >= 11 is 0. The highest BCUT2D eigenvalue weighted by Crippen LogP contribution is 2.49. The minimum atomic E-state index is -0.496. The molecular weight excluding hydrogens is 388 g/mol. The summed E-state index contributed by atoms with van der Waals surface area (Å²) in [4.78, 5) is 13.5. The van der Waals surface area contributed by atoms with Gasteiger partial charge in [0.05, 0.1) is 32.3 Å². The minimum absolute atomic E-state index is 0.0229. The molecular formula is C23H22O7. The van der Waals surface area contributed by atoms with Crippen LogP contribution in [0.2, 0.25) is 0 Å². The summed E-state index contributed by atoms with van der Waals surface area (Å²) in [6, 6.07) is 7.06. The van der Waals surface area contributed by atoms with E-state index in [1.54, 1.807) is 38.5 Å². The van der Waals surface area contributed by atoms with Gasteiger partial charge in [0.15, 0.2) is 17.3 Å². The smallest absolute Gasteiger partial charge is 0.178 e. The topological polar surface area (TPSA) is 83.5 Å². The highest BCUT2D eigenvalue weighted by Gasteiger charge is 2.45. The molecule has 0 saturated heterocycles. The number of carbonyl (C=O) groups excluding carboxylic acids is 1. The molecule has 3 aliphatic rings. The van der Waals surface area contributed by atoms with E-state index in [2.05, 4.69) is 6.58 Å². The van der Waals surface area contributed by atoms with E-state index in [0.29, 0.717) is 46.3 Å². The van der Waals surface area contributed by atoms with Crippen molar-refractivity contribution in [3.63, 3.8) is 0 Å². The second-order valence-corrected chi connectivity index (χ2v) is 7.60. The fourth-order valence-corrected chi connectivity index (χ4v) is 4.40. The molecule has 0 bridgehead atoms. The monoisotopic (exact) mass is 410 g/mol. The van der Waals surface area contributed by atoms with Gasteiger partial charge in [-0.3, -0.25) is 4.79 Å². The zero-order valence-corrected chi connectivity index (χ0v) is 16.8. The highest BCUT2D eigenvalue weighted by molar-refractivity contribution is 6.06. The minimum Gasteiger partial charge on any atom is -0.493 e. The normalized spacial score (nSPS) is 23.0. The van der Waals surface area contributed by atoms with Crippen LogP contribution in [-0.4, -0.2) is 50.5 Å². The van der Waals surface area contributed by atoms with Crippen LogP contribution < -0.4 is 23.7 Å². The van der Waals surface area contributed by atoms with E-state index in [1.165, 1.54) is 0 Å². The van der Waals surface area contributed by atoms with E-state index in [9.17, 15) is 9.90 Å². The maximum Gasteiger partial charge on any atom is 0.178 e. The molecule has 0 amide bonds. The van der Waals surface area contributed by atoms with Gasteiger partial charge >= 0.3 is 0 Å². The fraction of sp³-hybridized carbons (Fsp3) is 0.348. The molecule has 2 aromatic carbocycles. The molecule has 156 valence electrons. The van der Waals surface area contributed by atoms with E-state index < -0.39 is 12.0 Å². The third kappa shape index (κ3) is 2.65. The molecule has 7 heteroatoms. The van der Waals surface area contributed by atoms with Gasteiger partial charge in [-0.1, -0.05) is 6.58 Å². The molecule has 1 N–H and O–H groups in total. The SMILES string of the molecule is C=C(CO)[C@H]1Cc2c(ccc3c2O[C@@H]2COc4cc(OC)c(OC)cc4[C@@H]2C3=O)O1. The summed E-state index contributed by atoms with van der Waals surface area (Å²) in [5.74, 6) is 2.35. The third-order valence-corrected chi connectivity index (χ3v) is 5.98. The lowest BCUT2D eigenvalue weighted by atomic mass is 9.81. The quantitative estimate of drug-likeness (QED) is 0.776. The van der Waals surface area contributed by atoms with Crippen molar-refractivity contribution in [3.8, 4) is 28.7 Å². The Balaban J connectivity index is 1.56. The summed E-state index contributed by atoms with van der Waals surface area (Å²) < 4.78 is 28.9. The van der Waals surface area contributed by atoms with Crippen LogP contribution in [0.3, 0.4) is 0 Å². The van der Waals surface area contributed by atoms with Crippen LogP contribution in [0.1, 0.15) is 27.4 Å². The van der Waals surface area contributed by atoms with Gasteiger partial charge in [-0.25, -0.2) is 0 Å². The van der Waals surface area contributed by atoms with Crippen LogP contribution in [0.4, 0.5) is 0 Å². The molecule has 0 saturated carbocycles. The van der Waals surface area contributed by atoms with Crippen LogP contribution >= 0.6 is 0 Å². The van der Waals surface area contributed by atoms with Gasteiger partial charge in [0, 0.05) is 23.6 Å². The van der Waals surface area contributed by atoms with E-state index in [4.69, 9.17) is 23.7 Å². The summed E-state index contributed by atoms with van der Waals surface area (Å²) in [5.41, 5.74) is 2.67. The molecule has 0 fully saturated rings. The number of ketones is 1. The first-order chi connectivity index (χ1) is 14.5. The first-order valence-electron chi connectivity index (χ1n) is 9.76. The molecule has 30 heavy (non-hydrogen) atoms. The standard InChI is InChI=1S/C23H22O7/c1-11(9-24)16-7-14-15(29-16)5-4-12-22(25)21-13-6-18(26-2)19(27-3)8-17(13)28-10-20(21)30-23(12)14/h4-6,8,16,20-21,24H,1,7,9-10H2,2-3H3/t16-,20-,21+/m1/s1. The Labute approximate surface area is 173 Å². The largest absolute Gasteiger partial charge is 0.493 e. The van der Waals surface area contributed by atoms with Crippen molar-refractivity contribution in [2.75, 3.05) is 27.4 Å². The number of hydrogen-bond acceptors (Lipinski definition) is 7. The van der Waals surface area contributed by atoms with Gasteiger partial charge in [-0.2, -0.15) is 0 Å². The molecule has 0 aliphatic carbocycles. The van der Waals surface area contributed by atoms with Gasteiger partial charge in [-0.15, -0.1) is 0 Å². The average Bonchev–Trinajstić information content (AvgIpc) is 3.22. The van der Waals surface area contributed by atoms with Crippen LogP contribution in [-0.2, 0) is 6.42 Å². The van der Waals surface area contributed by atoms with E-state index >= 15 is 0 Å². The van der Waals surface area contributed by atoms with Crippen molar-refractivity contribution in [2.24, 2.45) is 0 Å². The fourth-order valence-electron chi connectivity index (χ4n) is 4.40. The lowest BCUT2D eigenvalue weighted by molar-refractivity contribution is 0.0554. The summed E-state index contributed by atoms with van der Waals surface area (Å²) in [6.45, 7) is 3.96. The van der Waals surface area contributed by atoms with Crippen LogP contribution in [0.5, 0.6) is 28.7 Å². The maximum absolute atomic E-state index is 13.5. The summed E-state index contributed by atoms with van der Waals surface area (Å²) in [7, 11) is 3.11. The number of ether oxygens (including phenoxy) is 5. The molecule has 5 rings (SSSR count). The van der Waals surface area contributed by atoms with Gasteiger partial charge in [0.2, 0.25) is 0 Å². The average molecular weight is 410 g/mol. The maximum atomic E-state index is 13.5. The Kier molecular flexibility index (Phi) is 4.36. The third-order valence-electron chi connectivity index (χ3n) is 5.98. The number of aliphatic hydroxyl groups is 1. The highest BCUT2D eigenvalue weighted by atomic mass is 16.5. The lowest BCUT2D eigenvalue weighted by Crippen LogP contribution is -2.43. The van der Waals surface area contributed by atoms with Gasteiger partial charge in [-0.05, 0) is 23.8 Å². The van der Waals surface area contributed by atoms with Gasteiger partial charge in [0.25, 0.3) is 0 Å². The molecule has 0 unspecified atom stereocenters. The van der Waals surface area contributed by atoms with Crippen LogP contribution in [0.15, 0.2) is 36.4 Å². The number of Topliss-reactive ketones (excluding diaryl/α,β-unsaturated/α-hetero) is 1. The van der Waals surface area contributed by atoms with Gasteiger partial charge in [0.1, 0.15) is 36.1 Å². The Bertz CT molecular complexity index is 1060. The molecule has 0 aromatic heterocycles. The molecule has 7 nitrogen and oxygen atoms in total. The molecule has 0 spiro atoms. The Morgan fingerprint density at radius 3 is 2.67 bits per heavy atom. The van der Waals surface area contributed by atoms with Crippen molar-refractivity contribution in [1.29, 1.82) is 0 Å². The van der Waals surface area contributed by atoms with E-state index in [1.807, 2.05) is 0 Å². The Morgan fingerprint density at radius 1 is 1.17 bits per heavy atom. The zero-order valence-electron chi connectivity index (χ0n) is 16.8. The number of aliphatic hydroxyl groups excluding tert-OH is 1. The van der Waals surface area contributed by atoms with Crippen molar-refractivity contribution >= 4 is 5.78 Å².